The molecule has 0 bridgehead atoms. The Balaban J connectivity index is 1.35. The average molecular weight is 360 g/mol. The summed E-state index contributed by atoms with van der Waals surface area (Å²) in [6, 6.07) is 0. The zero-order chi connectivity index (χ0) is 17.2. The maximum Gasteiger partial charge on any atom is 0.274 e. The Hall–Kier alpha value is -1.77. The lowest BCUT2D eigenvalue weighted by atomic mass is 10.1. The number of thiazole rings is 1. The molecule has 0 spiro atoms. The van der Waals surface area contributed by atoms with Gasteiger partial charge in [0.05, 0.1) is 10.7 Å². The molecule has 4 rings (SSSR count). The number of aromatic nitrogens is 3. The van der Waals surface area contributed by atoms with Crippen molar-refractivity contribution in [2.45, 2.75) is 32.9 Å². The Morgan fingerprint density at radius 2 is 2.16 bits per heavy atom. The SMILES string of the molecule is CCc1nc(CN2CCN(C(=O)c3n[nH]c4c3CNCC4)CC2)cs1. The first-order valence-corrected chi connectivity index (χ1v) is 9.84. The van der Waals surface area contributed by atoms with Gasteiger partial charge in [-0.1, -0.05) is 6.92 Å². The third-order valence-corrected chi connectivity index (χ3v) is 6.00. The zero-order valence-corrected chi connectivity index (χ0v) is 15.4. The predicted molar refractivity (Wildman–Crippen MR) is 96.7 cm³/mol. The van der Waals surface area contributed by atoms with E-state index in [0.717, 1.165) is 75.6 Å². The van der Waals surface area contributed by atoms with Crippen LogP contribution in [0.5, 0.6) is 0 Å². The number of aromatic amines is 1. The Bertz CT molecular complexity index is 746. The van der Waals surface area contributed by atoms with E-state index < -0.39 is 0 Å². The number of carbonyl (C=O) groups is 1. The first-order valence-electron chi connectivity index (χ1n) is 8.96. The van der Waals surface area contributed by atoms with Gasteiger partial charge >= 0.3 is 0 Å². The number of hydrogen-bond donors (Lipinski definition) is 2. The lowest BCUT2D eigenvalue weighted by Crippen LogP contribution is -2.48. The standard InChI is InChI=1S/C17H24N6OS/c1-2-15-19-12(11-25-15)10-22-5-7-23(8-6-22)17(24)16-13-9-18-4-3-14(13)20-21-16/h11,18H,2-10H2,1H3,(H,20,21). The normalized spacial score (nSPS) is 18.4. The van der Waals surface area contributed by atoms with Gasteiger partial charge < -0.3 is 10.2 Å². The van der Waals surface area contributed by atoms with Crippen molar-refractivity contribution in [1.29, 1.82) is 0 Å². The van der Waals surface area contributed by atoms with Crippen LogP contribution in [0.4, 0.5) is 0 Å². The molecule has 2 N–H and O–H groups in total. The van der Waals surface area contributed by atoms with Crippen molar-refractivity contribution in [3.05, 3.63) is 33.0 Å². The molecule has 4 heterocycles. The van der Waals surface area contributed by atoms with Crippen LogP contribution in [0.2, 0.25) is 0 Å². The molecule has 0 radical (unpaired) electrons. The van der Waals surface area contributed by atoms with Gasteiger partial charge in [0.1, 0.15) is 0 Å². The molecule has 0 aromatic carbocycles. The van der Waals surface area contributed by atoms with Gasteiger partial charge in [-0.3, -0.25) is 14.8 Å². The summed E-state index contributed by atoms with van der Waals surface area (Å²) >= 11 is 1.73. The molecule has 2 aliphatic heterocycles. The third-order valence-electron chi connectivity index (χ3n) is 4.96. The number of piperazine rings is 1. The first-order chi connectivity index (χ1) is 12.2. The molecule has 7 nitrogen and oxygen atoms in total. The van der Waals surface area contributed by atoms with Gasteiger partial charge in [-0.2, -0.15) is 5.10 Å². The lowest BCUT2D eigenvalue weighted by molar-refractivity contribution is 0.0620. The second-order valence-electron chi connectivity index (χ2n) is 6.61. The molecule has 2 aromatic rings. The maximum absolute atomic E-state index is 12.8. The summed E-state index contributed by atoms with van der Waals surface area (Å²) in [5, 5.41) is 14.0. The molecule has 1 amide bonds. The molecular formula is C17H24N6OS. The quantitative estimate of drug-likeness (QED) is 0.852. The summed E-state index contributed by atoms with van der Waals surface area (Å²) < 4.78 is 0. The fourth-order valence-corrected chi connectivity index (χ4v) is 4.21. The summed E-state index contributed by atoms with van der Waals surface area (Å²) in [5.74, 6) is 0.0581. The lowest BCUT2D eigenvalue weighted by Gasteiger charge is -2.34. The van der Waals surface area contributed by atoms with Gasteiger partial charge in [-0.25, -0.2) is 4.98 Å². The van der Waals surface area contributed by atoms with Crippen LogP contribution in [0.15, 0.2) is 5.38 Å². The number of nitrogens with zero attached hydrogens (tertiary/aromatic N) is 4. The molecule has 1 fully saturated rings. The number of H-pyrrole nitrogens is 1. The highest BCUT2D eigenvalue weighted by molar-refractivity contribution is 7.09. The number of rotatable bonds is 4. The molecule has 1 saturated heterocycles. The van der Waals surface area contributed by atoms with E-state index >= 15 is 0 Å². The van der Waals surface area contributed by atoms with E-state index in [1.807, 2.05) is 4.90 Å². The van der Waals surface area contributed by atoms with Crippen LogP contribution < -0.4 is 5.32 Å². The highest BCUT2D eigenvalue weighted by atomic mass is 32.1. The largest absolute Gasteiger partial charge is 0.335 e. The number of aryl methyl sites for hydroxylation is 1. The van der Waals surface area contributed by atoms with Gasteiger partial charge in [0.2, 0.25) is 0 Å². The minimum atomic E-state index is 0.0581. The molecular weight excluding hydrogens is 336 g/mol. The summed E-state index contributed by atoms with van der Waals surface area (Å²) in [6.07, 6.45) is 1.91. The second-order valence-corrected chi connectivity index (χ2v) is 7.55. The highest BCUT2D eigenvalue weighted by Gasteiger charge is 2.28. The molecule has 0 saturated carbocycles. The Kier molecular flexibility index (Phi) is 4.82. The second kappa shape index (κ2) is 7.23. The topological polar surface area (TPSA) is 77.2 Å². The van der Waals surface area contributed by atoms with Crippen molar-refractivity contribution < 1.29 is 4.79 Å². The van der Waals surface area contributed by atoms with Crippen LogP contribution in [-0.2, 0) is 25.9 Å². The van der Waals surface area contributed by atoms with Crippen molar-refractivity contribution in [3.8, 4) is 0 Å². The van der Waals surface area contributed by atoms with Gasteiger partial charge in [-0.15, -0.1) is 11.3 Å². The van der Waals surface area contributed by atoms with E-state index in [1.54, 1.807) is 11.3 Å². The van der Waals surface area contributed by atoms with Crippen molar-refractivity contribution in [2.24, 2.45) is 0 Å². The van der Waals surface area contributed by atoms with Crippen molar-refractivity contribution in [3.63, 3.8) is 0 Å². The molecule has 134 valence electrons. The molecule has 0 unspecified atom stereocenters. The Morgan fingerprint density at radius 3 is 2.92 bits per heavy atom. The van der Waals surface area contributed by atoms with E-state index in [1.165, 1.54) is 5.01 Å². The first kappa shape index (κ1) is 16.7. The van der Waals surface area contributed by atoms with E-state index in [0.29, 0.717) is 5.69 Å². The summed E-state index contributed by atoms with van der Waals surface area (Å²) in [7, 11) is 0. The molecule has 0 atom stereocenters. The monoisotopic (exact) mass is 360 g/mol. The minimum absolute atomic E-state index is 0.0581. The number of carbonyl (C=O) groups excluding carboxylic acids is 1. The van der Waals surface area contributed by atoms with E-state index in [2.05, 4.69) is 37.7 Å². The van der Waals surface area contributed by atoms with Crippen molar-refractivity contribution in [2.75, 3.05) is 32.7 Å². The molecule has 2 aliphatic rings. The summed E-state index contributed by atoms with van der Waals surface area (Å²) in [5.41, 5.74) is 3.90. The average Bonchev–Trinajstić information content (AvgIpc) is 3.28. The Morgan fingerprint density at radius 1 is 1.32 bits per heavy atom. The Labute approximate surface area is 151 Å². The van der Waals surface area contributed by atoms with Crippen LogP contribution in [0.3, 0.4) is 0 Å². The van der Waals surface area contributed by atoms with E-state index in [9.17, 15) is 4.79 Å². The number of amides is 1. The van der Waals surface area contributed by atoms with Gasteiger partial charge in [0, 0.05) is 68.9 Å². The predicted octanol–water partition coefficient (Wildman–Crippen LogP) is 1.03. The van der Waals surface area contributed by atoms with Gasteiger partial charge in [0.25, 0.3) is 5.91 Å². The smallest absolute Gasteiger partial charge is 0.274 e. The van der Waals surface area contributed by atoms with Gasteiger partial charge in [0.15, 0.2) is 5.69 Å². The van der Waals surface area contributed by atoms with Gasteiger partial charge in [-0.05, 0) is 6.42 Å². The maximum atomic E-state index is 12.8. The van der Waals surface area contributed by atoms with Crippen LogP contribution >= 0.6 is 11.3 Å². The highest BCUT2D eigenvalue weighted by Crippen LogP contribution is 2.19. The van der Waals surface area contributed by atoms with Crippen LogP contribution in [0.1, 0.15) is 39.4 Å². The fraction of sp³-hybridized carbons (Fsp3) is 0.588. The van der Waals surface area contributed by atoms with E-state index in [4.69, 9.17) is 0 Å². The number of hydrogen-bond acceptors (Lipinski definition) is 6. The fourth-order valence-electron chi connectivity index (χ4n) is 3.47. The third kappa shape index (κ3) is 3.47. The van der Waals surface area contributed by atoms with Crippen LogP contribution in [0.25, 0.3) is 0 Å². The molecule has 2 aromatic heterocycles. The number of fused-ring (bicyclic) bond motifs is 1. The summed E-state index contributed by atoms with van der Waals surface area (Å²) in [6.45, 7) is 7.95. The van der Waals surface area contributed by atoms with Crippen molar-refractivity contribution in [1.82, 2.24) is 30.3 Å². The summed E-state index contributed by atoms with van der Waals surface area (Å²) in [4.78, 5) is 21.8. The molecule has 0 aliphatic carbocycles. The molecule has 8 heteroatoms. The van der Waals surface area contributed by atoms with E-state index in [-0.39, 0.29) is 5.91 Å². The van der Waals surface area contributed by atoms with Crippen molar-refractivity contribution >= 4 is 17.2 Å². The minimum Gasteiger partial charge on any atom is -0.335 e. The zero-order valence-electron chi connectivity index (χ0n) is 14.5. The number of nitrogens with one attached hydrogen (secondary N) is 2. The van der Waals surface area contributed by atoms with Crippen LogP contribution in [-0.4, -0.2) is 63.6 Å². The molecule has 25 heavy (non-hydrogen) atoms. The van der Waals surface area contributed by atoms with Crippen LogP contribution in [0, 0.1) is 0 Å².